The van der Waals surface area contributed by atoms with E-state index >= 15 is 0 Å². The van der Waals surface area contributed by atoms with Gasteiger partial charge in [0.15, 0.2) is 5.78 Å². The van der Waals surface area contributed by atoms with Crippen LogP contribution in [0.4, 0.5) is 5.69 Å². The van der Waals surface area contributed by atoms with Gasteiger partial charge in [-0.05, 0) is 62.2 Å². The molecule has 0 radical (unpaired) electrons. The quantitative estimate of drug-likeness (QED) is 0.527. The molecule has 0 aromatic heterocycles. The van der Waals surface area contributed by atoms with Gasteiger partial charge >= 0.3 is 0 Å². The Morgan fingerprint density at radius 3 is 2.06 bits per heavy atom. The molecule has 0 fully saturated rings. The molecule has 2 N–H and O–H groups in total. The molecule has 3 rings (SSSR count). The molecule has 0 aliphatic heterocycles. The van der Waals surface area contributed by atoms with Crippen molar-refractivity contribution in [3.05, 3.63) is 95.6 Å². The number of nitrogens with one attached hydrogen (secondary N) is 2. The molecule has 0 spiro atoms. The standard InChI is InChI=1S/C24H24N2O4S/c1-17-8-14-22(15-9-17)31(29,30)26-23(16-19-6-4-3-5-7-19)24(28)25-21-12-10-20(11-13-21)18(2)27/h3-15,23,26H,16H2,1-2H3,(H,25,28). The van der Waals surface area contributed by atoms with Crippen molar-refractivity contribution < 1.29 is 18.0 Å². The first-order valence-electron chi connectivity index (χ1n) is 9.79. The maximum atomic E-state index is 13.0. The second kappa shape index (κ2) is 9.68. The maximum Gasteiger partial charge on any atom is 0.242 e. The van der Waals surface area contributed by atoms with Crippen LogP contribution in [-0.2, 0) is 21.2 Å². The van der Waals surface area contributed by atoms with Crippen LogP contribution in [0.1, 0.15) is 28.4 Å². The number of Topliss-reactive ketones (excluding diaryl/α,β-unsaturated/α-hetero) is 1. The smallest absolute Gasteiger partial charge is 0.242 e. The molecule has 0 aliphatic rings. The Balaban J connectivity index is 1.83. The fourth-order valence-electron chi connectivity index (χ4n) is 3.03. The lowest BCUT2D eigenvalue weighted by Gasteiger charge is -2.19. The second-order valence-corrected chi connectivity index (χ2v) is 9.01. The number of hydrogen-bond acceptors (Lipinski definition) is 4. The van der Waals surface area contributed by atoms with Crippen LogP contribution >= 0.6 is 0 Å². The fourth-order valence-corrected chi connectivity index (χ4v) is 4.22. The van der Waals surface area contributed by atoms with E-state index in [9.17, 15) is 18.0 Å². The van der Waals surface area contributed by atoms with E-state index < -0.39 is 22.0 Å². The highest BCUT2D eigenvalue weighted by Gasteiger charge is 2.26. The zero-order valence-corrected chi connectivity index (χ0v) is 18.1. The molecule has 1 unspecified atom stereocenters. The summed E-state index contributed by atoms with van der Waals surface area (Å²) >= 11 is 0. The highest BCUT2D eigenvalue weighted by Crippen LogP contribution is 2.15. The lowest BCUT2D eigenvalue weighted by atomic mass is 10.1. The Morgan fingerprint density at radius 2 is 1.48 bits per heavy atom. The summed E-state index contributed by atoms with van der Waals surface area (Å²) in [5.74, 6) is -0.569. The molecule has 0 heterocycles. The molecule has 0 saturated carbocycles. The number of sulfonamides is 1. The minimum atomic E-state index is -3.91. The van der Waals surface area contributed by atoms with Gasteiger partial charge in [0, 0.05) is 11.3 Å². The average molecular weight is 437 g/mol. The third-order valence-corrected chi connectivity index (χ3v) is 6.27. The Bertz CT molecular complexity index is 1160. The van der Waals surface area contributed by atoms with E-state index in [-0.39, 0.29) is 17.1 Å². The summed E-state index contributed by atoms with van der Waals surface area (Å²) in [5.41, 5.74) is 2.76. The number of rotatable bonds is 8. The van der Waals surface area contributed by atoms with Crippen LogP contribution in [0.15, 0.2) is 83.8 Å². The van der Waals surface area contributed by atoms with E-state index in [1.54, 1.807) is 36.4 Å². The molecule has 3 aromatic carbocycles. The van der Waals surface area contributed by atoms with Gasteiger partial charge in [-0.3, -0.25) is 9.59 Å². The summed E-state index contributed by atoms with van der Waals surface area (Å²) in [6, 6.07) is 21.0. The summed E-state index contributed by atoms with van der Waals surface area (Å²) in [4.78, 5) is 24.5. The fraction of sp³-hybridized carbons (Fsp3) is 0.167. The van der Waals surface area contributed by atoms with Crippen LogP contribution in [-0.4, -0.2) is 26.2 Å². The van der Waals surface area contributed by atoms with Gasteiger partial charge in [-0.25, -0.2) is 8.42 Å². The lowest BCUT2D eigenvalue weighted by molar-refractivity contribution is -0.117. The summed E-state index contributed by atoms with van der Waals surface area (Å²) < 4.78 is 28.3. The van der Waals surface area contributed by atoms with E-state index in [4.69, 9.17) is 0 Å². The number of hydrogen-bond donors (Lipinski definition) is 2. The maximum absolute atomic E-state index is 13.0. The Hall–Kier alpha value is -3.29. The van der Waals surface area contributed by atoms with Gasteiger partial charge in [0.25, 0.3) is 0 Å². The molecule has 7 heteroatoms. The number of aryl methyl sites for hydroxylation is 1. The highest BCUT2D eigenvalue weighted by molar-refractivity contribution is 7.89. The lowest BCUT2D eigenvalue weighted by Crippen LogP contribution is -2.45. The first-order chi connectivity index (χ1) is 14.7. The van der Waals surface area contributed by atoms with Crippen LogP contribution in [0.5, 0.6) is 0 Å². The van der Waals surface area contributed by atoms with Crippen molar-refractivity contribution in [1.29, 1.82) is 0 Å². The number of amides is 1. The Morgan fingerprint density at radius 1 is 0.871 bits per heavy atom. The average Bonchev–Trinajstić information content (AvgIpc) is 2.74. The van der Waals surface area contributed by atoms with Crippen molar-refractivity contribution in [2.24, 2.45) is 0 Å². The molecule has 1 atom stereocenters. The van der Waals surface area contributed by atoms with Gasteiger partial charge in [-0.15, -0.1) is 0 Å². The van der Waals surface area contributed by atoms with E-state index in [2.05, 4.69) is 10.0 Å². The van der Waals surface area contributed by atoms with Crippen LogP contribution in [0.2, 0.25) is 0 Å². The van der Waals surface area contributed by atoms with E-state index in [0.717, 1.165) is 11.1 Å². The zero-order chi connectivity index (χ0) is 22.4. The molecule has 3 aromatic rings. The number of carbonyl (C=O) groups excluding carboxylic acids is 2. The summed E-state index contributed by atoms with van der Waals surface area (Å²) in [7, 11) is -3.91. The molecular formula is C24H24N2O4S. The number of anilines is 1. The van der Waals surface area contributed by atoms with E-state index in [0.29, 0.717) is 11.3 Å². The number of benzene rings is 3. The van der Waals surface area contributed by atoms with E-state index in [1.807, 2.05) is 37.3 Å². The van der Waals surface area contributed by atoms with Crippen molar-refractivity contribution in [2.45, 2.75) is 31.2 Å². The Kier molecular flexibility index (Phi) is 6.99. The van der Waals surface area contributed by atoms with Crippen LogP contribution in [0.3, 0.4) is 0 Å². The SMILES string of the molecule is CC(=O)c1ccc(NC(=O)C(Cc2ccccc2)NS(=O)(=O)c2ccc(C)cc2)cc1. The van der Waals surface area contributed by atoms with Crippen molar-refractivity contribution in [3.8, 4) is 0 Å². The molecule has 1 amide bonds. The summed E-state index contributed by atoms with van der Waals surface area (Å²) in [5, 5.41) is 2.73. The van der Waals surface area contributed by atoms with Gasteiger partial charge in [0.05, 0.1) is 4.90 Å². The van der Waals surface area contributed by atoms with Crippen molar-refractivity contribution in [2.75, 3.05) is 5.32 Å². The number of carbonyl (C=O) groups is 2. The Labute approximate surface area is 182 Å². The molecule has 31 heavy (non-hydrogen) atoms. The predicted molar refractivity (Wildman–Crippen MR) is 121 cm³/mol. The topological polar surface area (TPSA) is 92.3 Å². The summed E-state index contributed by atoms with van der Waals surface area (Å²) in [6.07, 6.45) is 0.184. The minimum absolute atomic E-state index is 0.0781. The van der Waals surface area contributed by atoms with Gasteiger partial charge in [-0.1, -0.05) is 48.0 Å². The van der Waals surface area contributed by atoms with Gasteiger partial charge in [-0.2, -0.15) is 4.72 Å². The molecule has 0 aliphatic carbocycles. The molecule has 160 valence electrons. The second-order valence-electron chi connectivity index (χ2n) is 7.30. The van der Waals surface area contributed by atoms with Crippen LogP contribution in [0.25, 0.3) is 0 Å². The van der Waals surface area contributed by atoms with Crippen molar-refractivity contribution in [3.63, 3.8) is 0 Å². The first-order valence-corrected chi connectivity index (χ1v) is 11.3. The van der Waals surface area contributed by atoms with Crippen LogP contribution < -0.4 is 10.0 Å². The molecular weight excluding hydrogens is 412 g/mol. The van der Waals surface area contributed by atoms with Crippen molar-refractivity contribution in [1.82, 2.24) is 4.72 Å². The third kappa shape index (κ3) is 6.10. The monoisotopic (exact) mass is 436 g/mol. The van der Waals surface area contributed by atoms with Crippen molar-refractivity contribution >= 4 is 27.4 Å². The van der Waals surface area contributed by atoms with Gasteiger partial charge < -0.3 is 5.32 Å². The minimum Gasteiger partial charge on any atom is -0.325 e. The van der Waals surface area contributed by atoms with Gasteiger partial charge in [0.2, 0.25) is 15.9 Å². The number of ketones is 1. The zero-order valence-electron chi connectivity index (χ0n) is 17.3. The molecule has 0 bridgehead atoms. The van der Waals surface area contributed by atoms with Gasteiger partial charge in [0.1, 0.15) is 6.04 Å². The molecule has 0 saturated heterocycles. The summed E-state index contributed by atoms with van der Waals surface area (Å²) in [6.45, 7) is 3.33. The highest BCUT2D eigenvalue weighted by atomic mass is 32.2. The first kappa shape index (κ1) is 22.4. The normalized spacial score (nSPS) is 12.2. The largest absolute Gasteiger partial charge is 0.325 e. The van der Waals surface area contributed by atoms with Crippen LogP contribution in [0, 0.1) is 6.92 Å². The predicted octanol–water partition coefficient (Wildman–Crippen LogP) is 3.73. The third-order valence-electron chi connectivity index (χ3n) is 4.79. The molecule has 6 nitrogen and oxygen atoms in total. The van der Waals surface area contributed by atoms with E-state index in [1.165, 1.54) is 19.1 Å².